The molecule has 0 bridgehead atoms. The van der Waals surface area contributed by atoms with E-state index in [1.807, 2.05) is 0 Å². The molecule has 6 heteroatoms. The van der Waals surface area contributed by atoms with E-state index in [9.17, 15) is 8.42 Å². The predicted molar refractivity (Wildman–Crippen MR) is 82.8 cm³/mol. The highest BCUT2D eigenvalue weighted by Gasteiger charge is 2.40. The van der Waals surface area contributed by atoms with Crippen molar-refractivity contribution in [3.05, 3.63) is 0 Å². The Morgan fingerprint density at radius 3 is 2.65 bits per heavy atom. The fourth-order valence-corrected chi connectivity index (χ4v) is 4.02. The molecular weight excluding hydrogens is 274 g/mol. The SMILES string of the molecule is CN=C(NCCCC1CC1)N1CCS(=O)(=O)C(C)(C)C1. The first kappa shape index (κ1) is 15.6. The molecule has 20 heavy (non-hydrogen) atoms. The second kappa shape index (κ2) is 5.92. The van der Waals surface area contributed by atoms with Crippen LogP contribution in [0.5, 0.6) is 0 Å². The summed E-state index contributed by atoms with van der Waals surface area (Å²) in [5.41, 5.74) is 0. The van der Waals surface area contributed by atoms with E-state index in [1.54, 1.807) is 20.9 Å². The van der Waals surface area contributed by atoms with Crippen molar-refractivity contribution in [2.75, 3.05) is 32.4 Å². The van der Waals surface area contributed by atoms with Gasteiger partial charge >= 0.3 is 0 Å². The molecule has 0 amide bonds. The molecule has 0 radical (unpaired) electrons. The molecule has 1 saturated carbocycles. The van der Waals surface area contributed by atoms with Crippen LogP contribution in [0.4, 0.5) is 0 Å². The molecule has 0 aromatic rings. The van der Waals surface area contributed by atoms with Gasteiger partial charge in [-0.25, -0.2) is 8.42 Å². The van der Waals surface area contributed by atoms with E-state index >= 15 is 0 Å². The summed E-state index contributed by atoms with van der Waals surface area (Å²) in [4.78, 5) is 6.36. The van der Waals surface area contributed by atoms with E-state index < -0.39 is 14.6 Å². The van der Waals surface area contributed by atoms with Gasteiger partial charge in [-0.05, 0) is 32.6 Å². The molecule has 5 nitrogen and oxygen atoms in total. The van der Waals surface area contributed by atoms with Crippen molar-refractivity contribution in [2.24, 2.45) is 10.9 Å². The number of aliphatic imine (C=N–C) groups is 1. The van der Waals surface area contributed by atoms with Gasteiger partial charge in [0.15, 0.2) is 15.8 Å². The van der Waals surface area contributed by atoms with E-state index in [2.05, 4.69) is 15.2 Å². The van der Waals surface area contributed by atoms with Gasteiger partial charge in [-0.2, -0.15) is 0 Å². The number of hydrogen-bond acceptors (Lipinski definition) is 3. The monoisotopic (exact) mass is 301 g/mol. The first-order valence-electron chi connectivity index (χ1n) is 7.53. The summed E-state index contributed by atoms with van der Waals surface area (Å²) in [5, 5.41) is 3.37. The van der Waals surface area contributed by atoms with Gasteiger partial charge in [0.25, 0.3) is 0 Å². The van der Waals surface area contributed by atoms with Crippen molar-refractivity contribution < 1.29 is 8.42 Å². The molecule has 0 aromatic carbocycles. The maximum atomic E-state index is 12.0. The van der Waals surface area contributed by atoms with Crippen LogP contribution in [-0.2, 0) is 9.84 Å². The first-order valence-corrected chi connectivity index (χ1v) is 9.19. The lowest BCUT2D eigenvalue weighted by atomic mass is 10.2. The summed E-state index contributed by atoms with van der Waals surface area (Å²) in [6, 6.07) is 0. The molecular formula is C14H27N3O2S. The van der Waals surface area contributed by atoms with Crippen LogP contribution in [-0.4, -0.2) is 56.5 Å². The Labute approximate surface area is 122 Å². The molecule has 0 unspecified atom stereocenters. The number of hydrogen-bond donors (Lipinski definition) is 1. The van der Waals surface area contributed by atoms with Crippen LogP contribution in [0.25, 0.3) is 0 Å². The molecule has 0 atom stereocenters. The van der Waals surface area contributed by atoms with Gasteiger partial charge in [0, 0.05) is 26.7 Å². The van der Waals surface area contributed by atoms with Crippen LogP contribution in [0.1, 0.15) is 39.5 Å². The minimum atomic E-state index is -2.99. The number of guanidine groups is 1. The molecule has 1 aliphatic carbocycles. The van der Waals surface area contributed by atoms with Crippen molar-refractivity contribution in [3.8, 4) is 0 Å². The van der Waals surface area contributed by atoms with E-state index in [-0.39, 0.29) is 5.75 Å². The normalized spacial score (nSPS) is 25.6. The van der Waals surface area contributed by atoms with E-state index in [1.165, 1.54) is 25.7 Å². The Hall–Kier alpha value is -0.780. The number of nitrogens with zero attached hydrogens (tertiary/aromatic N) is 2. The third-order valence-corrected chi connectivity index (χ3v) is 6.86. The Balaban J connectivity index is 1.85. The van der Waals surface area contributed by atoms with Crippen LogP contribution < -0.4 is 5.32 Å². The van der Waals surface area contributed by atoms with Gasteiger partial charge in [0.05, 0.1) is 10.5 Å². The fourth-order valence-electron chi connectivity index (χ4n) is 2.65. The van der Waals surface area contributed by atoms with Gasteiger partial charge < -0.3 is 10.2 Å². The molecule has 2 aliphatic rings. The largest absolute Gasteiger partial charge is 0.356 e. The Morgan fingerprint density at radius 2 is 2.10 bits per heavy atom. The minimum absolute atomic E-state index is 0.211. The van der Waals surface area contributed by atoms with E-state index in [0.717, 1.165) is 18.4 Å². The zero-order valence-electron chi connectivity index (χ0n) is 12.9. The average molecular weight is 301 g/mol. The highest BCUT2D eigenvalue weighted by Crippen LogP contribution is 2.33. The molecule has 0 spiro atoms. The molecule has 1 aliphatic heterocycles. The molecule has 0 aromatic heterocycles. The first-order chi connectivity index (χ1) is 9.36. The summed E-state index contributed by atoms with van der Waals surface area (Å²) in [5.74, 6) is 2.00. The Bertz CT molecular complexity index is 467. The summed E-state index contributed by atoms with van der Waals surface area (Å²) in [6.07, 6.45) is 5.25. The van der Waals surface area contributed by atoms with Crippen molar-refractivity contribution in [2.45, 2.75) is 44.3 Å². The minimum Gasteiger partial charge on any atom is -0.356 e. The lowest BCUT2D eigenvalue weighted by Gasteiger charge is -2.39. The topological polar surface area (TPSA) is 61.8 Å². The van der Waals surface area contributed by atoms with E-state index in [4.69, 9.17) is 0 Å². The van der Waals surface area contributed by atoms with Crippen molar-refractivity contribution in [3.63, 3.8) is 0 Å². The molecule has 2 fully saturated rings. The van der Waals surface area contributed by atoms with Crippen LogP contribution in [0.15, 0.2) is 4.99 Å². The quantitative estimate of drug-likeness (QED) is 0.482. The van der Waals surface area contributed by atoms with Crippen molar-refractivity contribution >= 4 is 15.8 Å². The third-order valence-electron chi connectivity index (χ3n) is 4.32. The fraction of sp³-hybridized carbons (Fsp3) is 0.929. The third kappa shape index (κ3) is 3.65. The van der Waals surface area contributed by atoms with Crippen LogP contribution >= 0.6 is 0 Å². The lowest BCUT2D eigenvalue weighted by Crippen LogP contribution is -2.57. The maximum absolute atomic E-state index is 12.0. The highest BCUT2D eigenvalue weighted by molar-refractivity contribution is 7.92. The maximum Gasteiger partial charge on any atom is 0.193 e. The zero-order valence-corrected chi connectivity index (χ0v) is 13.7. The number of rotatable bonds is 4. The van der Waals surface area contributed by atoms with Crippen LogP contribution in [0.2, 0.25) is 0 Å². The Kier molecular flexibility index (Phi) is 4.62. The van der Waals surface area contributed by atoms with Gasteiger partial charge in [-0.1, -0.05) is 12.8 Å². The van der Waals surface area contributed by atoms with Gasteiger partial charge in [-0.3, -0.25) is 4.99 Å². The molecule has 1 N–H and O–H groups in total. The standard InChI is InChI=1S/C14H27N3O2S/c1-14(2)11-17(9-10-20(14,18)19)13(15-3)16-8-4-5-12-6-7-12/h12H,4-11H2,1-3H3,(H,15,16). The predicted octanol–water partition coefficient (Wildman–Crippen LogP) is 1.26. The second-order valence-corrected chi connectivity index (χ2v) is 9.30. The lowest BCUT2D eigenvalue weighted by molar-refractivity contribution is 0.353. The van der Waals surface area contributed by atoms with Gasteiger partial charge in [0.1, 0.15) is 0 Å². The number of sulfone groups is 1. The summed E-state index contributed by atoms with van der Waals surface area (Å²) in [6.45, 7) is 5.57. The van der Waals surface area contributed by atoms with Crippen molar-refractivity contribution in [1.82, 2.24) is 10.2 Å². The molecule has 2 rings (SSSR count). The summed E-state index contributed by atoms with van der Waals surface area (Å²) in [7, 11) is -1.23. The van der Waals surface area contributed by atoms with Crippen molar-refractivity contribution in [1.29, 1.82) is 0 Å². The van der Waals surface area contributed by atoms with Gasteiger partial charge in [0.2, 0.25) is 0 Å². The van der Waals surface area contributed by atoms with E-state index in [0.29, 0.717) is 13.1 Å². The zero-order chi connectivity index (χ0) is 14.8. The van der Waals surface area contributed by atoms with Gasteiger partial charge in [-0.15, -0.1) is 0 Å². The molecule has 1 saturated heterocycles. The average Bonchev–Trinajstić information content (AvgIpc) is 3.17. The number of nitrogens with one attached hydrogen (secondary N) is 1. The second-order valence-electron chi connectivity index (χ2n) is 6.56. The summed E-state index contributed by atoms with van der Waals surface area (Å²) < 4.78 is 23.3. The smallest absolute Gasteiger partial charge is 0.193 e. The van der Waals surface area contributed by atoms with Crippen LogP contribution in [0, 0.1) is 5.92 Å². The Morgan fingerprint density at radius 1 is 1.40 bits per heavy atom. The molecule has 116 valence electrons. The van der Waals surface area contributed by atoms with Crippen LogP contribution in [0.3, 0.4) is 0 Å². The highest BCUT2D eigenvalue weighted by atomic mass is 32.2. The summed E-state index contributed by atoms with van der Waals surface area (Å²) >= 11 is 0. The molecule has 1 heterocycles.